The summed E-state index contributed by atoms with van der Waals surface area (Å²) < 4.78 is 43.7. The average Bonchev–Trinajstić information content (AvgIpc) is 3.51. The molecule has 2 heterocycles. The number of esters is 1. The lowest BCUT2D eigenvalue weighted by atomic mass is 10.2. The summed E-state index contributed by atoms with van der Waals surface area (Å²) in [7, 11) is 1.28. The van der Waals surface area contributed by atoms with Crippen LogP contribution in [0.3, 0.4) is 0 Å². The Bertz CT molecular complexity index is 889. The molecule has 0 radical (unpaired) electrons. The van der Waals surface area contributed by atoms with Crippen LogP contribution in [0.4, 0.5) is 25.1 Å². The molecule has 1 atom stereocenters. The molecule has 0 aliphatic heterocycles. The van der Waals surface area contributed by atoms with Gasteiger partial charge in [0.2, 0.25) is 11.9 Å². The van der Waals surface area contributed by atoms with Crippen LogP contribution in [0.1, 0.15) is 38.3 Å². The Morgan fingerprint density at radius 3 is 2.60 bits per heavy atom. The maximum atomic E-state index is 13.0. The van der Waals surface area contributed by atoms with Crippen molar-refractivity contribution in [1.29, 1.82) is 0 Å². The number of nitrogens with one attached hydrogen (secondary N) is 2. The van der Waals surface area contributed by atoms with Gasteiger partial charge in [-0.25, -0.2) is 4.98 Å². The molecule has 8 nitrogen and oxygen atoms in total. The third kappa shape index (κ3) is 6.26. The summed E-state index contributed by atoms with van der Waals surface area (Å²) in [4.78, 5) is 27.7. The van der Waals surface area contributed by atoms with E-state index in [2.05, 4.69) is 35.3 Å². The molecule has 0 spiro atoms. The van der Waals surface area contributed by atoms with Crippen LogP contribution in [0.2, 0.25) is 0 Å². The van der Waals surface area contributed by atoms with Crippen molar-refractivity contribution < 1.29 is 22.7 Å². The normalized spacial score (nSPS) is 14.8. The predicted octanol–water partition coefficient (Wildman–Crippen LogP) is 3.53. The van der Waals surface area contributed by atoms with Gasteiger partial charge in [0.25, 0.3) is 0 Å². The van der Waals surface area contributed by atoms with Crippen molar-refractivity contribution in [1.82, 2.24) is 19.9 Å². The lowest BCUT2D eigenvalue weighted by molar-refractivity contribution is -0.141. The van der Waals surface area contributed by atoms with E-state index in [1.165, 1.54) is 32.1 Å². The van der Waals surface area contributed by atoms with Crippen molar-refractivity contribution in [2.45, 2.75) is 44.8 Å². The minimum atomic E-state index is -4.58. The second kappa shape index (κ2) is 9.23. The quantitative estimate of drug-likeness (QED) is 0.590. The minimum Gasteiger partial charge on any atom is -0.469 e. The third-order valence-corrected chi connectivity index (χ3v) is 4.50. The Labute approximate surface area is 171 Å². The minimum absolute atomic E-state index is 0.00205. The first kappa shape index (κ1) is 21.7. The van der Waals surface area contributed by atoms with Gasteiger partial charge in [-0.1, -0.05) is 18.9 Å². The first-order chi connectivity index (χ1) is 14.2. The molecule has 1 fully saturated rings. The van der Waals surface area contributed by atoms with Crippen LogP contribution in [-0.4, -0.2) is 45.6 Å². The molecule has 2 N–H and O–H groups in total. The molecule has 0 aromatic carbocycles. The third-order valence-electron chi connectivity index (χ3n) is 4.50. The Morgan fingerprint density at radius 1 is 1.20 bits per heavy atom. The zero-order chi connectivity index (χ0) is 21.7. The molecular weight excluding hydrogens is 401 g/mol. The van der Waals surface area contributed by atoms with E-state index in [0.29, 0.717) is 5.92 Å². The van der Waals surface area contributed by atoms with E-state index in [-0.39, 0.29) is 42.4 Å². The zero-order valence-corrected chi connectivity index (χ0v) is 16.7. The molecule has 3 rings (SSSR count). The van der Waals surface area contributed by atoms with Gasteiger partial charge in [-0.05, 0) is 31.4 Å². The van der Waals surface area contributed by atoms with Gasteiger partial charge in [0, 0.05) is 12.6 Å². The summed E-state index contributed by atoms with van der Waals surface area (Å²) in [6.07, 6.45) is -1.15. The summed E-state index contributed by atoms with van der Waals surface area (Å²) in [5.74, 6) is 0.624. The van der Waals surface area contributed by atoms with E-state index in [9.17, 15) is 18.0 Å². The fourth-order valence-electron chi connectivity index (χ4n) is 2.86. The van der Waals surface area contributed by atoms with E-state index < -0.39 is 17.8 Å². The maximum Gasteiger partial charge on any atom is 0.433 e. The summed E-state index contributed by atoms with van der Waals surface area (Å²) in [6.45, 7) is 2.19. The largest absolute Gasteiger partial charge is 0.469 e. The van der Waals surface area contributed by atoms with E-state index in [0.717, 1.165) is 12.5 Å². The SMILES string of the molecule is COC(=O)CCNc1nc(N[C@H](C)CC2CC2)nc(-c2cccc(C(F)(F)F)n2)n1. The van der Waals surface area contributed by atoms with Gasteiger partial charge in [-0.2, -0.15) is 28.1 Å². The van der Waals surface area contributed by atoms with Gasteiger partial charge in [0.05, 0.1) is 13.5 Å². The molecule has 2 aromatic rings. The van der Waals surface area contributed by atoms with Gasteiger partial charge in [0.15, 0.2) is 5.82 Å². The predicted molar refractivity (Wildman–Crippen MR) is 104 cm³/mol. The van der Waals surface area contributed by atoms with Gasteiger partial charge < -0.3 is 15.4 Å². The molecule has 1 aliphatic rings. The first-order valence-electron chi connectivity index (χ1n) is 9.62. The highest BCUT2D eigenvalue weighted by Crippen LogP contribution is 2.34. The Kier molecular flexibility index (Phi) is 6.68. The van der Waals surface area contributed by atoms with Crippen LogP contribution in [0.5, 0.6) is 0 Å². The Hall–Kier alpha value is -2.98. The van der Waals surface area contributed by atoms with Gasteiger partial charge >= 0.3 is 12.1 Å². The summed E-state index contributed by atoms with van der Waals surface area (Å²) in [5, 5.41) is 6.05. The van der Waals surface area contributed by atoms with Crippen LogP contribution in [0, 0.1) is 5.92 Å². The summed E-state index contributed by atoms with van der Waals surface area (Å²) in [6, 6.07) is 3.63. The molecule has 0 amide bonds. The van der Waals surface area contributed by atoms with Crippen LogP contribution in [0.25, 0.3) is 11.5 Å². The van der Waals surface area contributed by atoms with Gasteiger partial charge in [0.1, 0.15) is 11.4 Å². The number of carbonyl (C=O) groups is 1. The number of pyridine rings is 1. The molecule has 0 bridgehead atoms. The summed E-state index contributed by atoms with van der Waals surface area (Å²) in [5.41, 5.74) is -1.06. The van der Waals surface area contributed by atoms with Crippen molar-refractivity contribution in [3.8, 4) is 11.5 Å². The highest BCUT2D eigenvalue weighted by molar-refractivity contribution is 5.69. The van der Waals surface area contributed by atoms with E-state index in [1.54, 1.807) is 0 Å². The number of alkyl halides is 3. The second-order valence-corrected chi connectivity index (χ2v) is 7.19. The molecule has 1 aliphatic carbocycles. The molecule has 162 valence electrons. The lowest BCUT2D eigenvalue weighted by Crippen LogP contribution is -2.20. The number of hydrogen-bond donors (Lipinski definition) is 2. The summed E-state index contributed by atoms with van der Waals surface area (Å²) >= 11 is 0. The Balaban J connectivity index is 1.85. The van der Waals surface area contributed by atoms with E-state index in [4.69, 9.17) is 0 Å². The monoisotopic (exact) mass is 424 g/mol. The number of aromatic nitrogens is 4. The van der Waals surface area contributed by atoms with E-state index >= 15 is 0 Å². The smallest absolute Gasteiger partial charge is 0.433 e. The number of nitrogens with zero attached hydrogens (tertiary/aromatic N) is 4. The van der Waals surface area contributed by atoms with Crippen LogP contribution in [-0.2, 0) is 15.7 Å². The highest BCUT2D eigenvalue weighted by atomic mass is 19.4. The highest BCUT2D eigenvalue weighted by Gasteiger charge is 2.32. The lowest BCUT2D eigenvalue weighted by Gasteiger charge is -2.15. The molecule has 2 aromatic heterocycles. The van der Waals surface area contributed by atoms with E-state index in [1.807, 2.05) is 6.92 Å². The van der Waals surface area contributed by atoms with Gasteiger partial charge in [-0.15, -0.1) is 0 Å². The Morgan fingerprint density at radius 2 is 1.93 bits per heavy atom. The second-order valence-electron chi connectivity index (χ2n) is 7.19. The molecular formula is C19H23F3N6O2. The number of anilines is 2. The van der Waals surface area contributed by atoms with Crippen molar-refractivity contribution in [2.75, 3.05) is 24.3 Å². The van der Waals surface area contributed by atoms with Crippen molar-refractivity contribution >= 4 is 17.9 Å². The fraction of sp³-hybridized carbons (Fsp3) is 0.526. The molecule has 0 unspecified atom stereocenters. The topological polar surface area (TPSA) is 102 Å². The van der Waals surface area contributed by atoms with Crippen LogP contribution in [0.15, 0.2) is 18.2 Å². The van der Waals surface area contributed by atoms with Crippen molar-refractivity contribution in [2.24, 2.45) is 5.92 Å². The number of hydrogen-bond acceptors (Lipinski definition) is 8. The fourth-order valence-corrected chi connectivity index (χ4v) is 2.86. The molecule has 0 saturated heterocycles. The number of carbonyl (C=O) groups excluding carboxylic acids is 1. The average molecular weight is 424 g/mol. The molecule has 1 saturated carbocycles. The van der Waals surface area contributed by atoms with Crippen molar-refractivity contribution in [3.05, 3.63) is 23.9 Å². The number of rotatable bonds is 9. The number of halogens is 3. The zero-order valence-electron chi connectivity index (χ0n) is 16.7. The maximum absolute atomic E-state index is 13.0. The van der Waals surface area contributed by atoms with Gasteiger partial charge in [-0.3, -0.25) is 4.79 Å². The molecule has 11 heteroatoms. The van der Waals surface area contributed by atoms with Crippen LogP contribution < -0.4 is 10.6 Å². The van der Waals surface area contributed by atoms with Crippen molar-refractivity contribution in [3.63, 3.8) is 0 Å². The first-order valence-corrected chi connectivity index (χ1v) is 9.62. The molecule has 30 heavy (non-hydrogen) atoms. The van der Waals surface area contributed by atoms with Crippen LogP contribution >= 0.6 is 0 Å². The number of ether oxygens (including phenoxy) is 1. The standard InChI is InChI=1S/C19H23F3N6O2/c1-11(10-12-6-7-12)24-18-27-16(13-4-3-5-14(25-13)19(20,21)22)26-17(28-18)23-9-8-15(29)30-2/h3-5,11-12H,6-10H2,1-2H3,(H2,23,24,26,27,28)/t11-/m1/s1. The number of methoxy groups -OCH3 is 1.